The van der Waals surface area contributed by atoms with Crippen LogP contribution in [-0.2, 0) is 9.53 Å². The molecule has 138 valence electrons. The Hall–Kier alpha value is -2.63. The number of esters is 1. The second-order valence-corrected chi connectivity index (χ2v) is 6.73. The Kier molecular flexibility index (Phi) is 5.94. The molecule has 0 fully saturated rings. The van der Waals surface area contributed by atoms with Crippen molar-refractivity contribution in [3.63, 3.8) is 0 Å². The van der Waals surface area contributed by atoms with Crippen LogP contribution in [0.15, 0.2) is 54.7 Å². The van der Waals surface area contributed by atoms with E-state index in [1.165, 1.54) is 0 Å². The highest BCUT2D eigenvalue weighted by Gasteiger charge is 2.15. The number of hydrogen-bond acceptors (Lipinski definition) is 4. The lowest BCUT2D eigenvalue weighted by atomic mass is 10.1. The largest absolute Gasteiger partial charge is 0.452 e. The number of rotatable bonds is 5. The molecule has 0 saturated heterocycles. The van der Waals surface area contributed by atoms with Gasteiger partial charge in [0.15, 0.2) is 6.61 Å². The first-order valence-electron chi connectivity index (χ1n) is 8.21. The van der Waals surface area contributed by atoms with Crippen LogP contribution in [0.25, 0.3) is 10.9 Å². The number of benzene rings is 2. The number of pyridine rings is 1. The summed E-state index contributed by atoms with van der Waals surface area (Å²) in [4.78, 5) is 28.7. The Bertz CT molecular complexity index is 1000. The van der Waals surface area contributed by atoms with E-state index in [1.54, 1.807) is 61.7 Å². The Morgan fingerprint density at radius 1 is 1.11 bits per heavy atom. The molecule has 3 aromatic rings. The second kappa shape index (κ2) is 8.37. The zero-order valence-electron chi connectivity index (χ0n) is 14.4. The molecule has 1 unspecified atom stereocenters. The Labute approximate surface area is 166 Å². The van der Waals surface area contributed by atoms with Gasteiger partial charge in [-0.2, -0.15) is 0 Å². The molecular weight excluding hydrogens is 387 g/mol. The molecular formula is C20H16Cl2N2O3. The first kappa shape index (κ1) is 19.1. The fourth-order valence-electron chi connectivity index (χ4n) is 2.64. The molecule has 0 radical (unpaired) electrons. The van der Waals surface area contributed by atoms with E-state index >= 15 is 0 Å². The normalized spacial score (nSPS) is 11.8. The molecule has 7 heteroatoms. The smallest absolute Gasteiger partial charge is 0.339 e. The molecule has 1 aromatic heterocycles. The van der Waals surface area contributed by atoms with E-state index in [4.69, 9.17) is 27.9 Å². The topological polar surface area (TPSA) is 68.3 Å². The van der Waals surface area contributed by atoms with Gasteiger partial charge >= 0.3 is 5.97 Å². The van der Waals surface area contributed by atoms with E-state index in [9.17, 15) is 9.59 Å². The number of ether oxygens (including phenoxy) is 1. The predicted molar refractivity (Wildman–Crippen MR) is 105 cm³/mol. The van der Waals surface area contributed by atoms with Crippen LogP contribution in [0.3, 0.4) is 0 Å². The number of halogens is 2. The van der Waals surface area contributed by atoms with Crippen molar-refractivity contribution in [1.82, 2.24) is 10.3 Å². The maximum atomic E-state index is 12.3. The average Bonchev–Trinajstić information content (AvgIpc) is 2.67. The molecule has 0 aliphatic heterocycles. The highest BCUT2D eigenvalue weighted by molar-refractivity contribution is 6.42. The summed E-state index contributed by atoms with van der Waals surface area (Å²) in [6.45, 7) is 1.41. The fourth-order valence-corrected chi connectivity index (χ4v) is 2.94. The number of amides is 1. The molecule has 1 atom stereocenters. The maximum absolute atomic E-state index is 12.3. The fraction of sp³-hybridized carbons (Fsp3) is 0.150. The van der Waals surface area contributed by atoms with Gasteiger partial charge in [-0.25, -0.2) is 4.79 Å². The van der Waals surface area contributed by atoms with Gasteiger partial charge in [-0.3, -0.25) is 9.78 Å². The zero-order valence-corrected chi connectivity index (χ0v) is 15.9. The van der Waals surface area contributed by atoms with Crippen molar-refractivity contribution in [2.45, 2.75) is 13.0 Å². The molecule has 0 aliphatic rings. The number of hydrogen-bond donors (Lipinski definition) is 1. The molecule has 1 amide bonds. The van der Waals surface area contributed by atoms with Crippen molar-refractivity contribution in [3.8, 4) is 0 Å². The molecule has 0 aliphatic carbocycles. The summed E-state index contributed by atoms with van der Waals surface area (Å²) in [5, 5.41) is 4.28. The van der Waals surface area contributed by atoms with E-state index in [2.05, 4.69) is 10.3 Å². The van der Waals surface area contributed by atoms with Crippen LogP contribution in [0.5, 0.6) is 0 Å². The van der Waals surface area contributed by atoms with Crippen molar-refractivity contribution in [2.75, 3.05) is 6.61 Å². The van der Waals surface area contributed by atoms with Gasteiger partial charge in [0.2, 0.25) is 0 Å². The van der Waals surface area contributed by atoms with Gasteiger partial charge in [0.05, 0.1) is 27.2 Å². The van der Waals surface area contributed by atoms with E-state index in [0.29, 0.717) is 26.5 Å². The molecule has 2 aromatic carbocycles. The van der Waals surface area contributed by atoms with E-state index < -0.39 is 11.9 Å². The summed E-state index contributed by atoms with van der Waals surface area (Å²) in [6.07, 6.45) is 1.65. The molecule has 5 nitrogen and oxygen atoms in total. The van der Waals surface area contributed by atoms with Crippen molar-refractivity contribution < 1.29 is 14.3 Å². The summed E-state index contributed by atoms with van der Waals surface area (Å²) in [6, 6.07) is 13.5. The Morgan fingerprint density at radius 2 is 1.93 bits per heavy atom. The summed E-state index contributed by atoms with van der Waals surface area (Å²) in [5.74, 6) is -0.994. The van der Waals surface area contributed by atoms with Gasteiger partial charge in [-0.1, -0.05) is 41.4 Å². The Morgan fingerprint density at radius 3 is 2.70 bits per heavy atom. The van der Waals surface area contributed by atoms with Gasteiger partial charge in [0.25, 0.3) is 5.91 Å². The maximum Gasteiger partial charge on any atom is 0.339 e. The third-order valence-corrected chi connectivity index (χ3v) is 4.76. The summed E-state index contributed by atoms with van der Waals surface area (Å²) in [7, 11) is 0. The summed E-state index contributed by atoms with van der Waals surface area (Å²) in [5.41, 5.74) is 1.85. The summed E-state index contributed by atoms with van der Waals surface area (Å²) >= 11 is 11.9. The monoisotopic (exact) mass is 402 g/mol. The molecule has 27 heavy (non-hydrogen) atoms. The second-order valence-electron chi connectivity index (χ2n) is 5.91. The Balaban J connectivity index is 1.61. The third kappa shape index (κ3) is 4.56. The summed E-state index contributed by atoms with van der Waals surface area (Å²) < 4.78 is 5.15. The van der Waals surface area contributed by atoms with Crippen LogP contribution >= 0.6 is 23.2 Å². The van der Waals surface area contributed by atoms with Gasteiger partial charge in [-0.05, 0) is 42.8 Å². The van der Waals surface area contributed by atoms with Crippen molar-refractivity contribution >= 4 is 46.0 Å². The lowest BCUT2D eigenvalue weighted by molar-refractivity contribution is -0.124. The number of aromatic nitrogens is 1. The van der Waals surface area contributed by atoms with Gasteiger partial charge < -0.3 is 10.1 Å². The number of nitrogens with zero attached hydrogens (tertiary/aromatic N) is 1. The van der Waals surface area contributed by atoms with Crippen molar-refractivity contribution in [3.05, 3.63) is 75.9 Å². The molecule has 0 saturated carbocycles. The first-order valence-corrected chi connectivity index (χ1v) is 8.96. The van der Waals surface area contributed by atoms with Crippen molar-refractivity contribution in [1.29, 1.82) is 0 Å². The van der Waals surface area contributed by atoms with Crippen LogP contribution in [-0.4, -0.2) is 23.5 Å². The molecule has 1 N–H and O–H groups in total. The third-order valence-electron chi connectivity index (χ3n) is 4.02. The average molecular weight is 403 g/mol. The lowest BCUT2D eigenvalue weighted by Crippen LogP contribution is -2.31. The van der Waals surface area contributed by atoms with E-state index in [-0.39, 0.29) is 12.6 Å². The number of carbonyl (C=O) groups is 2. The predicted octanol–water partition coefficient (Wildman–Crippen LogP) is 4.58. The standard InChI is InChI=1S/C20H16Cl2N2O3/c1-12(13-7-8-16(21)17(22)10-13)24-19(25)11-27-20(26)15-4-2-6-18-14(15)5-3-9-23-18/h2-10,12H,11H2,1H3,(H,24,25). The van der Waals surface area contributed by atoms with Gasteiger partial charge in [-0.15, -0.1) is 0 Å². The first-order chi connectivity index (χ1) is 13.0. The van der Waals surface area contributed by atoms with Crippen LogP contribution in [0.2, 0.25) is 10.0 Å². The van der Waals surface area contributed by atoms with Gasteiger partial charge in [0.1, 0.15) is 0 Å². The number of nitrogens with one attached hydrogen (secondary N) is 1. The zero-order chi connectivity index (χ0) is 19.4. The van der Waals surface area contributed by atoms with Crippen LogP contribution in [0.1, 0.15) is 28.9 Å². The SMILES string of the molecule is CC(NC(=O)COC(=O)c1cccc2ncccc12)c1ccc(Cl)c(Cl)c1. The molecule has 1 heterocycles. The van der Waals surface area contributed by atoms with Gasteiger partial charge in [0, 0.05) is 11.6 Å². The minimum absolute atomic E-state index is 0.312. The lowest BCUT2D eigenvalue weighted by Gasteiger charge is -2.15. The number of fused-ring (bicyclic) bond motifs is 1. The minimum Gasteiger partial charge on any atom is -0.452 e. The molecule has 3 rings (SSSR count). The van der Waals surface area contributed by atoms with E-state index in [1.807, 2.05) is 0 Å². The molecule has 0 bridgehead atoms. The van der Waals surface area contributed by atoms with E-state index in [0.717, 1.165) is 5.56 Å². The highest BCUT2D eigenvalue weighted by atomic mass is 35.5. The quantitative estimate of drug-likeness (QED) is 0.634. The highest BCUT2D eigenvalue weighted by Crippen LogP contribution is 2.25. The minimum atomic E-state index is -0.578. The van der Waals surface area contributed by atoms with Crippen molar-refractivity contribution in [2.24, 2.45) is 0 Å². The number of carbonyl (C=O) groups excluding carboxylic acids is 2. The van der Waals surface area contributed by atoms with Crippen LogP contribution in [0, 0.1) is 0 Å². The van der Waals surface area contributed by atoms with Crippen LogP contribution in [0.4, 0.5) is 0 Å². The molecule has 0 spiro atoms. The van der Waals surface area contributed by atoms with Crippen LogP contribution < -0.4 is 5.32 Å².